The highest BCUT2D eigenvalue weighted by atomic mass is 19.1. The van der Waals surface area contributed by atoms with Gasteiger partial charge in [0.1, 0.15) is 5.82 Å². The van der Waals surface area contributed by atoms with Crippen molar-refractivity contribution >= 4 is 5.96 Å². The van der Waals surface area contributed by atoms with Crippen LogP contribution in [0.3, 0.4) is 0 Å². The molecule has 0 saturated carbocycles. The third kappa shape index (κ3) is 4.72. The van der Waals surface area contributed by atoms with E-state index < -0.39 is 0 Å². The maximum atomic E-state index is 13.2. The molecule has 0 bridgehead atoms. The van der Waals surface area contributed by atoms with Crippen molar-refractivity contribution in [3.05, 3.63) is 53.1 Å². The quantitative estimate of drug-likeness (QED) is 0.611. The Balaban J connectivity index is 1.58. The smallest absolute Gasteiger partial charge is 0.191 e. The predicted octanol–water partition coefficient (Wildman–Crippen LogP) is 3.60. The lowest BCUT2D eigenvalue weighted by Crippen LogP contribution is -2.48. The molecule has 0 aliphatic heterocycles. The van der Waals surface area contributed by atoms with Crippen LogP contribution in [0.2, 0.25) is 0 Å². The van der Waals surface area contributed by atoms with E-state index >= 15 is 0 Å². The fourth-order valence-electron chi connectivity index (χ4n) is 3.60. The second-order valence-corrected chi connectivity index (χ2v) is 8.58. The third-order valence-corrected chi connectivity index (χ3v) is 5.51. The molecule has 1 aliphatic rings. The van der Waals surface area contributed by atoms with Gasteiger partial charge in [0.15, 0.2) is 5.96 Å². The Hall–Kier alpha value is -2.37. The SMILES string of the molecule is CN=C(NCC(C)(C)c1ccc(F)cc1)NC1CCc2cn(C(C)C)nc2C1. The molecule has 0 fully saturated rings. The first kappa shape index (κ1) is 20.4. The van der Waals surface area contributed by atoms with Crippen LogP contribution in [0.5, 0.6) is 0 Å². The number of nitrogens with zero attached hydrogens (tertiary/aromatic N) is 3. The van der Waals surface area contributed by atoms with Crippen molar-refractivity contribution in [2.24, 2.45) is 4.99 Å². The normalized spacial score (nSPS) is 17.5. The number of aliphatic imine (C=N–C) groups is 1. The van der Waals surface area contributed by atoms with Gasteiger partial charge in [0, 0.05) is 43.7 Å². The first-order valence-electron chi connectivity index (χ1n) is 10.1. The summed E-state index contributed by atoms with van der Waals surface area (Å²) in [7, 11) is 1.79. The van der Waals surface area contributed by atoms with Crippen LogP contribution in [0.1, 0.15) is 57.0 Å². The molecule has 1 aromatic carbocycles. The van der Waals surface area contributed by atoms with E-state index in [1.54, 1.807) is 7.05 Å². The summed E-state index contributed by atoms with van der Waals surface area (Å²) in [4.78, 5) is 4.39. The van der Waals surface area contributed by atoms with E-state index in [1.165, 1.54) is 23.4 Å². The van der Waals surface area contributed by atoms with Gasteiger partial charge in [0.25, 0.3) is 0 Å². The Labute approximate surface area is 167 Å². The van der Waals surface area contributed by atoms with Gasteiger partial charge in [-0.05, 0) is 49.9 Å². The van der Waals surface area contributed by atoms with Crippen LogP contribution < -0.4 is 10.6 Å². The Bertz CT molecular complexity index is 820. The summed E-state index contributed by atoms with van der Waals surface area (Å²) in [6.07, 6.45) is 5.21. The number of aryl methyl sites for hydroxylation is 1. The number of rotatable bonds is 5. The average molecular weight is 386 g/mol. The second kappa shape index (κ2) is 8.33. The minimum Gasteiger partial charge on any atom is -0.356 e. The molecule has 1 aliphatic carbocycles. The highest BCUT2D eigenvalue weighted by Gasteiger charge is 2.24. The first-order chi connectivity index (χ1) is 13.3. The molecular weight excluding hydrogens is 353 g/mol. The molecule has 1 unspecified atom stereocenters. The van der Waals surface area contributed by atoms with E-state index in [9.17, 15) is 4.39 Å². The number of guanidine groups is 1. The highest BCUT2D eigenvalue weighted by Crippen LogP contribution is 2.23. The number of halogens is 1. The molecule has 1 aromatic heterocycles. The van der Waals surface area contributed by atoms with Crippen molar-refractivity contribution in [3.63, 3.8) is 0 Å². The van der Waals surface area contributed by atoms with Crippen molar-refractivity contribution in [1.29, 1.82) is 0 Å². The number of nitrogens with one attached hydrogen (secondary N) is 2. The summed E-state index contributed by atoms with van der Waals surface area (Å²) >= 11 is 0. The monoisotopic (exact) mass is 385 g/mol. The topological polar surface area (TPSA) is 54.2 Å². The molecule has 5 nitrogen and oxygen atoms in total. The Morgan fingerprint density at radius 1 is 1.32 bits per heavy atom. The molecule has 0 amide bonds. The van der Waals surface area contributed by atoms with Gasteiger partial charge >= 0.3 is 0 Å². The van der Waals surface area contributed by atoms with Crippen LogP contribution in [0.25, 0.3) is 0 Å². The highest BCUT2D eigenvalue weighted by molar-refractivity contribution is 5.80. The van der Waals surface area contributed by atoms with Gasteiger partial charge in [-0.15, -0.1) is 0 Å². The molecule has 2 aromatic rings. The molecule has 2 N–H and O–H groups in total. The lowest BCUT2D eigenvalue weighted by molar-refractivity contribution is 0.482. The number of fused-ring (bicyclic) bond motifs is 1. The van der Waals surface area contributed by atoms with E-state index in [4.69, 9.17) is 5.10 Å². The van der Waals surface area contributed by atoms with Crippen LogP contribution in [-0.2, 0) is 18.3 Å². The number of hydrogen-bond acceptors (Lipinski definition) is 2. The third-order valence-electron chi connectivity index (χ3n) is 5.51. The van der Waals surface area contributed by atoms with E-state index in [2.05, 4.69) is 54.2 Å². The summed E-state index contributed by atoms with van der Waals surface area (Å²) in [6, 6.07) is 7.44. The maximum Gasteiger partial charge on any atom is 0.191 e. The van der Waals surface area contributed by atoms with E-state index in [0.717, 1.165) is 30.8 Å². The maximum absolute atomic E-state index is 13.2. The van der Waals surface area contributed by atoms with Crippen LogP contribution in [0.4, 0.5) is 4.39 Å². The fraction of sp³-hybridized carbons (Fsp3) is 0.545. The van der Waals surface area contributed by atoms with E-state index in [1.807, 2.05) is 12.1 Å². The number of benzene rings is 1. The van der Waals surface area contributed by atoms with E-state index in [0.29, 0.717) is 18.6 Å². The minimum atomic E-state index is -0.207. The molecule has 0 radical (unpaired) electrons. The lowest BCUT2D eigenvalue weighted by Gasteiger charge is -2.29. The average Bonchev–Trinajstić information content (AvgIpc) is 3.09. The van der Waals surface area contributed by atoms with Crippen molar-refractivity contribution in [2.75, 3.05) is 13.6 Å². The number of aromatic nitrogens is 2. The van der Waals surface area contributed by atoms with Gasteiger partial charge < -0.3 is 10.6 Å². The van der Waals surface area contributed by atoms with E-state index in [-0.39, 0.29) is 11.2 Å². The second-order valence-electron chi connectivity index (χ2n) is 8.58. The van der Waals surface area contributed by atoms with Gasteiger partial charge in [-0.3, -0.25) is 9.67 Å². The van der Waals surface area contributed by atoms with Gasteiger partial charge in [-0.1, -0.05) is 26.0 Å². The largest absolute Gasteiger partial charge is 0.356 e. The summed E-state index contributed by atoms with van der Waals surface area (Å²) in [6.45, 7) is 9.31. The summed E-state index contributed by atoms with van der Waals surface area (Å²) in [5, 5.41) is 11.7. The van der Waals surface area contributed by atoms with Gasteiger partial charge in [0.2, 0.25) is 0 Å². The Kier molecular flexibility index (Phi) is 6.06. The fourth-order valence-corrected chi connectivity index (χ4v) is 3.60. The summed E-state index contributed by atoms with van der Waals surface area (Å²) in [5.74, 6) is 0.591. The van der Waals surface area contributed by atoms with Crippen LogP contribution >= 0.6 is 0 Å². The zero-order chi connectivity index (χ0) is 20.3. The zero-order valence-electron chi connectivity index (χ0n) is 17.6. The molecule has 1 atom stereocenters. The molecule has 0 saturated heterocycles. The minimum absolute atomic E-state index is 0.138. The predicted molar refractivity (Wildman–Crippen MR) is 112 cm³/mol. The van der Waals surface area contributed by atoms with Gasteiger partial charge in [-0.2, -0.15) is 5.10 Å². The summed E-state index contributed by atoms with van der Waals surface area (Å²) < 4.78 is 15.3. The molecule has 28 heavy (non-hydrogen) atoms. The standard InChI is InChI=1S/C22H32FN5/c1-15(2)28-13-16-6-11-19(12-20(16)27-28)26-21(24-5)25-14-22(3,4)17-7-9-18(23)10-8-17/h7-10,13,15,19H,6,11-12,14H2,1-5H3,(H2,24,25,26). The van der Waals surface area contributed by atoms with Crippen LogP contribution in [0.15, 0.2) is 35.5 Å². The van der Waals surface area contributed by atoms with Crippen LogP contribution in [0, 0.1) is 5.82 Å². The summed E-state index contributed by atoms with van der Waals surface area (Å²) in [5.41, 5.74) is 3.52. The van der Waals surface area contributed by atoms with Crippen molar-refractivity contribution in [2.45, 2.75) is 64.5 Å². The van der Waals surface area contributed by atoms with Gasteiger partial charge in [-0.25, -0.2) is 4.39 Å². The number of hydrogen-bond donors (Lipinski definition) is 2. The Morgan fingerprint density at radius 2 is 2.04 bits per heavy atom. The van der Waals surface area contributed by atoms with Crippen molar-refractivity contribution < 1.29 is 4.39 Å². The Morgan fingerprint density at radius 3 is 2.68 bits per heavy atom. The van der Waals surface area contributed by atoms with Crippen molar-refractivity contribution in [3.8, 4) is 0 Å². The lowest BCUT2D eigenvalue weighted by atomic mass is 9.84. The van der Waals surface area contributed by atoms with Crippen molar-refractivity contribution in [1.82, 2.24) is 20.4 Å². The molecule has 1 heterocycles. The molecule has 3 rings (SSSR count). The molecule has 152 valence electrons. The van der Waals surface area contributed by atoms with Gasteiger partial charge in [0.05, 0.1) is 5.69 Å². The molecular formula is C22H32FN5. The molecule has 0 spiro atoms. The zero-order valence-corrected chi connectivity index (χ0v) is 17.6. The molecule has 6 heteroatoms. The van der Waals surface area contributed by atoms with Crippen LogP contribution in [-0.4, -0.2) is 35.4 Å². The first-order valence-corrected chi connectivity index (χ1v) is 10.1.